The number of hydrogen-bond acceptors (Lipinski definition) is 0. The molecule has 0 fully saturated rings. The summed E-state index contributed by atoms with van der Waals surface area (Å²) < 4.78 is 0. The molecular formula is C8H13Br. The Balaban J connectivity index is 2.57. The van der Waals surface area contributed by atoms with Crippen LogP contribution in [0.2, 0.25) is 0 Å². The third-order valence-electron chi connectivity index (χ3n) is 2.18. The summed E-state index contributed by atoms with van der Waals surface area (Å²) in [6.45, 7) is 4.56. The van der Waals surface area contributed by atoms with Gasteiger partial charge in [-0.15, -0.1) is 0 Å². The van der Waals surface area contributed by atoms with Gasteiger partial charge in [-0.25, -0.2) is 0 Å². The Bertz CT molecular complexity index is 129. The average Bonchev–Trinajstić information content (AvgIpc) is 2.13. The molecule has 1 heteroatoms. The summed E-state index contributed by atoms with van der Waals surface area (Å²) >= 11 is 3.57. The number of allylic oxidation sites excluding steroid dienone is 2. The number of hydrogen-bond donors (Lipinski definition) is 0. The second-order valence-corrected chi connectivity index (χ2v) is 4.26. The first-order valence-electron chi connectivity index (χ1n) is 3.50. The zero-order valence-corrected chi connectivity index (χ0v) is 7.61. The van der Waals surface area contributed by atoms with Gasteiger partial charge in [-0.2, -0.15) is 0 Å². The van der Waals surface area contributed by atoms with E-state index in [0.717, 1.165) is 0 Å². The van der Waals surface area contributed by atoms with Crippen molar-refractivity contribution in [2.24, 2.45) is 5.41 Å². The highest BCUT2D eigenvalue weighted by Crippen LogP contribution is 2.37. The molecule has 0 saturated carbocycles. The summed E-state index contributed by atoms with van der Waals surface area (Å²) in [5, 5.41) is 0. The van der Waals surface area contributed by atoms with Gasteiger partial charge in [0.15, 0.2) is 0 Å². The van der Waals surface area contributed by atoms with Crippen LogP contribution in [-0.2, 0) is 0 Å². The third-order valence-corrected chi connectivity index (χ3v) is 2.81. The summed E-state index contributed by atoms with van der Waals surface area (Å²) in [6, 6.07) is 0. The molecule has 0 bridgehead atoms. The van der Waals surface area contributed by atoms with Gasteiger partial charge in [-0.05, 0) is 18.3 Å². The SMILES string of the molecule is CCC1(C)C=CC(Br)C1. The van der Waals surface area contributed by atoms with Crippen LogP contribution in [0.5, 0.6) is 0 Å². The van der Waals surface area contributed by atoms with E-state index in [1.54, 1.807) is 0 Å². The molecular weight excluding hydrogens is 176 g/mol. The van der Waals surface area contributed by atoms with Crippen LogP contribution in [0.1, 0.15) is 26.7 Å². The smallest absolute Gasteiger partial charge is 0.0333 e. The Labute approximate surface area is 65.5 Å². The van der Waals surface area contributed by atoms with Crippen LogP contribution in [0.25, 0.3) is 0 Å². The van der Waals surface area contributed by atoms with Crippen molar-refractivity contribution in [2.45, 2.75) is 31.5 Å². The molecule has 2 atom stereocenters. The van der Waals surface area contributed by atoms with Crippen LogP contribution in [0.4, 0.5) is 0 Å². The van der Waals surface area contributed by atoms with Gasteiger partial charge in [0.2, 0.25) is 0 Å². The van der Waals surface area contributed by atoms with Crippen LogP contribution >= 0.6 is 15.9 Å². The zero-order valence-electron chi connectivity index (χ0n) is 6.02. The first kappa shape index (κ1) is 7.33. The highest BCUT2D eigenvalue weighted by atomic mass is 79.9. The van der Waals surface area contributed by atoms with E-state index in [0.29, 0.717) is 10.2 Å². The minimum Gasteiger partial charge on any atom is -0.0845 e. The molecule has 0 aromatic carbocycles. The van der Waals surface area contributed by atoms with E-state index in [9.17, 15) is 0 Å². The minimum atomic E-state index is 0.480. The maximum absolute atomic E-state index is 3.57. The molecule has 9 heavy (non-hydrogen) atoms. The fraction of sp³-hybridized carbons (Fsp3) is 0.750. The molecule has 0 amide bonds. The monoisotopic (exact) mass is 188 g/mol. The normalized spacial score (nSPS) is 41.9. The van der Waals surface area contributed by atoms with Gasteiger partial charge in [-0.1, -0.05) is 41.9 Å². The first-order valence-corrected chi connectivity index (χ1v) is 4.41. The van der Waals surface area contributed by atoms with Gasteiger partial charge in [0.05, 0.1) is 0 Å². The summed E-state index contributed by atoms with van der Waals surface area (Å²) in [4.78, 5) is 0.627. The summed E-state index contributed by atoms with van der Waals surface area (Å²) in [6.07, 6.45) is 7.10. The lowest BCUT2D eigenvalue weighted by Gasteiger charge is -2.19. The Morgan fingerprint density at radius 3 is 2.67 bits per heavy atom. The van der Waals surface area contributed by atoms with Gasteiger partial charge in [-0.3, -0.25) is 0 Å². The molecule has 0 aromatic rings. The van der Waals surface area contributed by atoms with Gasteiger partial charge in [0.1, 0.15) is 0 Å². The molecule has 0 radical (unpaired) electrons. The van der Waals surface area contributed by atoms with Crippen molar-refractivity contribution in [3.63, 3.8) is 0 Å². The summed E-state index contributed by atoms with van der Waals surface area (Å²) in [5.41, 5.74) is 0.480. The molecule has 0 heterocycles. The van der Waals surface area contributed by atoms with Crippen molar-refractivity contribution >= 4 is 15.9 Å². The second kappa shape index (κ2) is 2.45. The first-order chi connectivity index (χ1) is 4.16. The van der Waals surface area contributed by atoms with Crippen LogP contribution < -0.4 is 0 Å². The lowest BCUT2D eigenvalue weighted by atomic mass is 9.88. The van der Waals surface area contributed by atoms with Gasteiger partial charge in [0.25, 0.3) is 0 Å². The fourth-order valence-corrected chi connectivity index (χ4v) is 2.07. The highest BCUT2D eigenvalue weighted by Gasteiger charge is 2.26. The third kappa shape index (κ3) is 1.57. The molecule has 0 spiro atoms. The molecule has 1 rings (SSSR count). The lowest BCUT2D eigenvalue weighted by Crippen LogP contribution is -2.09. The van der Waals surface area contributed by atoms with E-state index in [1.807, 2.05) is 0 Å². The summed E-state index contributed by atoms with van der Waals surface area (Å²) in [7, 11) is 0. The summed E-state index contributed by atoms with van der Waals surface area (Å²) in [5.74, 6) is 0. The average molecular weight is 189 g/mol. The van der Waals surface area contributed by atoms with E-state index in [-0.39, 0.29) is 0 Å². The Hall–Kier alpha value is 0.220. The maximum Gasteiger partial charge on any atom is 0.0333 e. The van der Waals surface area contributed by atoms with Gasteiger partial charge >= 0.3 is 0 Å². The molecule has 1 aliphatic carbocycles. The second-order valence-electron chi connectivity index (χ2n) is 3.09. The molecule has 0 saturated heterocycles. The van der Waals surface area contributed by atoms with E-state index in [4.69, 9.17) is 0 Å². The maximum atomic E-state index is 3.57. The van der Waals surface area contributed by atoms with Crippen molar-refractivity contribution in [1.29, 1.82) is 0 Å². The van der Waals surface area contributed by atoms with E-state index in [1.165, 1.54) is 12.8 Å². The standard InChI is InChI=1S/C8H13Br/c1-3-8(2)5-4-7(9)6-8/h4-5,7H,3,6H2,1-2H3. The number of rotatable bonds is 1. The van der Waals surface area contributed by atoms with Crippen molar-refractivity contribution in [3.8, 4) is 0 Å². The van der Waals surface area contributed by atoms with E-state index in [2.05, 4.69) is 41.9 Å². The van der Waals surface area contributed by atoms with Gasteiger partial charge < -0.3 is 0 Å². The van der Waals surface area contributed by atoms with Crippen molar-refractivity contribution in [3.05, 3.63) is 12.2 Å². The zero-order chi connectivity index (χ0) is 6.91. The van der Waals surface area contributed by atoms with Crippen LogP contribution in [0, 0.1) is 5.41 Å². The van der Waals surface area contributed by atoms with Crippen LogP contribution in [0.15, 0.2) is 12.2 Å². The molecule has 0 aliphatic heterocycles. The topological polar surface area (TPSA) is 0 Å². The quantitative estimate of drug-likeness (QED) is 0.439. The number of alkyl halides is 1. The predicted molar refractivity (Wildman–Crippen MR) is 44.9 cm³/mol. The molecule has 0 aromatic heterocycles. The van der Waals surface area contributed by atoms with E-state index < -0.39 is 0 Å². The van der Waals surface area contributed by atoms with Crippen LogP contribution in [-0.4, -0.2) is 4.83 Å². The lowest BCUT2D eigenvalue weighted by molar-refractivity contribution is 0.408. The van der Waals surface area contributed by atoms with Crippen molar-refractivity contribution < 1.29 is 0 Å². The van der Waals surface area contributed by atoms with Gasteiger partial charge in [0, 0.05) is 4.83 Å². The Morgan fingerprint density at radius 1 is 1.78 bits per heavy atom. The fourth-order valence-electron chi connectivity index (χ4n) is 1.18. The van der Waals surface area contributed by atoms with E-state index >= 15 is 0 Å². The highest BCUT2D eigenvalue weighted by molar-refractivity contribution is 9.09. The Morgan fingerprint density at radius 2 is 2.44 bits per heavy atom. The molecule has 0 nitrogen and oxygen atoms in total. The minimum absolute atomic E-state index is 0.480. The van der Waals surface area contributed by atoms with Crippen LogP contribution in [0.3, 0.4) is 0 Å². The largest absolute Gasteiger partial charge is 0.0845 e. The Kier molecular flexibility index (Phi) is 2.00. The van der Waals surface area contributed by atoms with Crippen molar-refractivity contribution in [1.82, 2.24) is 0 Å². The predicted octanol–water partition coefficient (Wildman–Crippen LogP) is 3.13. The molecule has 1 aliphatic rings. The number of halogens is 1. The van der Waals surface area contributed by atoms with Crippen molar-refractivity contribution in [2.75, 3.05) is 0 Å². The molecule has 52 valence electrons. The molecule has 0 N–H and O–H groups in total. The molecule has 2 unspecified atom stereocenters.